The Kier molecular flexibility index (Phi) is 9.66. The van der Waals surface area contributed by atoms with E-state index in [2.05, 4.69) is 24.2 Å². The molecule has 0 radical (unpaired) electrons. The van der Waals surface area contributed by atoms with Crippen molar-refractivity contribution in [2.24, 2.45) is 0 Å². The number of benzene rings is 1. The molecule has 0 saturated carbocycles. The normalized spacial score (nSPS) is 14.0. The average molecular weight is 462 g/mol. The van der Waals surface area contributed by atoms with E-state index in [0.717, 1.165) is 6.92 Å². The maximum Gasteiger partial charge on any atom is 0.391 e. The van der Waals surface area contributed by atoms with Gasteiger partial charge in [-0.25, -0.2) is 27.9 Å². The maximum atomic E-state index is 13.9. The van der Waals surface area contributed by atoms with Crippen LogP contribution in [0.1, 0.15) is 27.2 Å². The molecule has 0 saturated heterocycles. The Hall–Kier alpha value is -2.24. The molecule has 0 aromatic heterocycles. The molecular weight excluding hydrogens is 442 g/mol. The second-order valence-corrected chi connectivity index (χ2v) is 7.47. The molecule has 0 aliphatic rings. The minimum atomic E-state index is -4.70. The van der Waals surface area contributed by atoms with E-state index >= 15 is 0 Å². The molecule has 0 bridgehead atoms. The van der Waals surface area contributed by atoms with Crippen molar-refractivity contribution in [3.63, 3.8) is 0 Å². The summed E-state index contributed by atoms with van der Waals surface area (Å²) >= 11 is 0. The highest BCUT2D eigenvalue weighted by Gasteiger charge is 2.35. The first kappa shape index (κ1) is 25.8. The minimum absolute atomic E-state index is 0.0513. The lowest BCUT2D eigenvalue weighted by Crippen LogP contribution is -2.39. The average Bonchev–Trinajstić information content (AvgIpc) is 2.68. The Morgan fingerprint density at radius 2 is 1.43 bits per heavy atom. The van der Waals surface area contributed by atoms with Crippen molar-refractivity contribution in [3.8, 4) is 5.75 Å². The highest BCUT2D eigenvalue weighted by molar-refractivity contribution is 7.55. The first-order valence-corrected chi connectivity index (χ1v) is 10.3. The van der Waals surface area contributed by atoms with Crippen LogP contribution in [0.15, 0.2) is 0 Å². The predicted octanol–water partition coefficient (Wildman–Crippen LogP) is 2.95. The summed E-state index contributed by atoms with van der Waals surface area (Å²) in [4.78, 5) is 23.1. The van der Waals surface area contributed by atoms with Gasteiger partial charge in [0.1, 0.15) is 6.04 Å². The van der Waals surface area contributed by atoms with Crippen LogP contribution in [0.3, 0.4) is 0 Å². The molecule has 0 aliphatic carbocycles. The quantitative estimate of drug-likeness (QED) is 0.170. The maximum absolute atomic E-state index is 13.9. The number of rotatable bonds is 11. The van der Waals surface area contributed by atoms with Crippen LogP contribution < -0.4 is 14.7 Å². The molecule has 170 valence electrons. The number of esters is 2. The summed E-state index contributed by atoms with van der Waals surface area (Å²) in [5.41, 5.74) is 0. The standard InChI is InChI=1S/C16H20F5N2O6P/c1-4-27-9(24)6-7-22-30(26,23-8(3)16(25)28-5-2)29-15-13(20)11(18)10(17)12(19)14(15)21/h8H,4-7H2,1-3H3,(H2,22,23,26)/t8-,30?/m0/s1. The fourth-order valence-corrected chi connectivity index (χ4v) is 3.66. The van der Waals surface area contributed by atoms with Crippen LogP contribution in [-0.2, 0) is 23.6 Å². The Bertz CT molecular complexity index is 812. The van der Waals surface area contributed by atoms with E-state index in [0.29, 0.717) is 0 Å². The highest BCUT2D eigenvalue weighted by atomic mass is 31.2. The van der Waals surface area contributed by atoms with Gasteiger partial charge < -0.3 is 14.0 Å². The third kappa shape index (κ3) is 6.64. The van der Waals surface area contributed by atoms with Crippen LogP contribution >= 0.6 is 7.67 Å². The van der Waals surface area contributed by atoms with Crippen molar-refractivity contribution in [2.45, 2.75) is 33.2 Å². The molecule has 1 unspecified atom stereocenters. The van der Waals surface area contributed by atoms with Gasteiger partial charge in [0, 0.05) is 6.54 Å². The summed E-state index contributed by atoms with van der Waals surface area (Å²) < 4.78 is 94.7. The molecule has 1 rings (SSSR count). The van der Waals surface area contributed by atoms with Gasteiger partial charge in [0.2, 0.25) is 34.8 Å². The van der Waals surface area contributed by atoms with Crippen LogP contribution in [0.5, 0.6) is 5.75 Å². The van der Waals surface area contributed by atoms with Crippen molar-refractivity contribution in [1.29, 1.82) is 0 Å². The summed E-state index contributed by atoms with van der Waals surface area (Å²) in [6.45, 7) is 3.71. The van der Waals surface area contributed by atoms with Crippen LogP contribution in [0.4, 0.5) is 22.0 Å². The van der Waals surface area contributed by atoms with E-state index in [4.69, 9.17) is 0 Å². The summed E-state index contributed by atoms with van der Waals surface area (Å²) in [6.07, 6.45) is -0.381. The molecule has 1 aromatic rings. The van der Waals surface area contributed by atoms with Crippen LogP contribution in [0, 0.1) is 29.1 Å². The smallest absolute Gasteiger partial charge is 0.391 e. The fourth-order valence-electron chi connectivity index (χ4n) is 2.01. The van der Waals surface area contributed by atoms with Gasteiger partial charge >= 0.3 is 19.6 Å². The highest BCUT2D eigenvalue weighted by Crippen LogP contribution is 2.43. The van der Waals surface area contributed by atoms with E-state index in [-0.39, 0.29) is 19.6 Å². The zero-order valence-electron chi connectivity index (χ0n) is 16.2. The van der Waals surface area contributed by atoms with E-state index < -0.39 is 67.0 Å². The van der Waals surface area contributed by atoms with Crippen molar-refractivity contribution < 1.29 is 50.1 Å². The molecule has 2 atom stereocenters. The largest absolute Gasteiger partial charge is 0.466 e. The number of carbonyl (C=O) groups is 2. The van der Waals surface area contributed by atoms with Gasteiger partial charge in [-0.2, -0.15) is 8.78 Å². The summed E-state index contributed by atoms with van der Waals surface area (Å²) in [5, 5.41) is 4.18. The molecule has 0 fully saturated rings. The van der Waals surface area contributed by atoms with Crippen LogP contribution in [0.25, 0.3) is 0 Å². The van der Waals surface area contributed by atoms with Gasteiger partial charge in [0.05, 0.1) is 19.6 Å². The van der Waals surface area contributed by atoms with Crippen molar-refractivity contribution in [1.82, 2.24) is 10.2 Å². The third-order valence-electron chi connectivity index (χ3n) is 3.35. The van der Waals surface area contributed by atoms with Gasteiger partial charge in [-0.1, -0.05) is 0 Å². The Balaban J connectivity index is 3.19. The minimum Gasteiger partial charge on any atom is -0.466 e. The third-order valence-corrected chi connectivity index (χ3v) is 5.15. The number of hydrogen-bond acceptors (Lipinski definition) is 6. The van der Waals surface area contributed by atoms with Gasteiger partial charge in [-0.05, 0) is 20.8 Å². The molecule has 14 heteroatoms. The first-order valence-electron chi connectivity index (χ1n) is 8.63. The van der Waals surface area contributed by atoms with E-state index in [1.54, 1.807) is 0 Å². The van der Waals surface area contributed by atoms with E-state index in [9.17, 15) is 36.1 Å². The van der Waals surface area contributed by atoms with Crippen molar-refractivity contribution in [3.05, 3.63) is 29.1 Å². The van der Waals surface area contributed by atoms with Gasteiger partial charge in [-0.3, -0.25) is 9.59 Å². The molecule has 0 spiro atoms. The number of ether oxygens (including phenoxy) is 2. The Morgan fingerprint density at radius 3 is 1.93 bits per heavy atom. The Labute approximate surface area is 168 Å². The molecule has 0 amide bonds. The predicted molar refractivity (Wildman–Crippen MR) is 92.9 cm³/mol. The molecular formula is C16H20F5N2O6P. The van der Waals surface area contributed by atoms with Gasteiger partial charge in [-0.15, -0.1) is 0 Å². The van der Waals surface area contributed by atoms with E-state index in [1.165, 1.54) is 13.8 Å². The molecule has 2 N–H and O–H groups in total. The molecule has 0 heterocycles. The van der Waals surface area contributed by atoms with Crippen LogP contribution in [-0.4, -0.2) is 37.7 Å². The van der Waals surface area contributed by atoms with Gasteiger partial charge in [0.15, 0.2) is 0 Å². The molecule has 0 aliphatic heterocycles. The zero-order valence-corrected chi connectivity index (χ0v) is 17.1. The zero-order chi connectivity index (χ0) is 23.1. The topological polar surface area (TPSA) is 103 Å². The van der Waals surface area contributed by atoms with Gasteiger partial charge in [0.25, 0.3) is 0 Å². The second kappa shape index (κ2) is 11.2. The summed E-state index contributed by atoms with van der Waals surface area (Å²) in [5.74, 6) is -15.3. The number of hydrogen-bond donors (Lipinski definition) is 2. The Morgan fingerprint density at radius 1 is 0.933 bits per heavy atom. The van der Waals surface area contributed by atoms with Crippen molar-refractivity contribution in [2.75, 3.05) is 19.8 Å². The van der Waals surface area contributed by atoms with Crippen LogP contribution in [0.2, 0.25) is 0 Å². The summed E-state index contributed by atoms with van der Waals surface area (Å²) in [7, 11) is -4.70. The first-order chi connectivity index (χ1) is 14.0. The number of carbonyl (C=O) groups excluding carboxylic acids is 2. The number of halogens is 5. The summed E-state index contributed by atoms with van der Waals surface area (Å²) in [6, 6.07) is -1.38. The molecule has 1 aromatic carbocycles. The SMILES string of the molecule is CCOC(=O)CCNP(=O)(N[C@@H](C)C(=O)OCC)Oc1c(F)c(F)c(F)c(F)c1F. The lowest BCUT2D eigenvalue weighted by molar-refractivity contribution is -0.145. The number of nitrogens with one attached hydrogen (secondary N) is 2. The molecule has 8 nitrogen and oxygen atoms in total. The van der Waals surface area contributed by atoms with E-state index in [1.807, 2.05) is 0 Å². The lowest BCUT2D eigenvalue weighted by atomic mass is 10.3. The fraction of sp³-hybridized carbons (Fsp3) is 0.500. The molecule has 30 heavy (non-hydrogen) atoms. The monoisotopic (exact) mass is 462 g/mol. The van der Waals surface area contributed by atoms with Crippen molar-refractivity contribution >= 4 is 19.6 Å². The lowest BCUT2D eigenvalue weighted by Gasteiger charge is -2.24. The second-order valence-electron chi connectivity index (χ2n) is 5.61.